The molecule has 2 aliphatic rings. The highest BCUT2D eigenvalue weighted by Gasteiger charge is 2.42. The molecular weight excluding hydrogens is 929 g/mol. The summed E-state index contributed by atoms with van der Waals surface area (Å²) in [4.78, 5) is 4.84. The minimum Gasteiger partial charge on any atom is -0.423 e. The molecule has 2 aliphatic heterocycles. The molecule has 0 saturated carbocycles. The number of aliphatic hydroxyl groups is 2. The summed E-state index contributed by atoms with van der Waals surface area (Å²) in [6.45, 7) is 2.36. The molecule has 21 heteroatoms. The number of tetrazole rings is 2. The molecule has 8 aromatic rings. The van der Waals surface area contributed by atoms with Gasteiger partial charge in [-0.05, 0) is 87.4 Å². The minimum absolute atomic E-state index is 0.213. The number of alkyl halides is 6. The molecule has 2 saturated heterocycles. The van der Waals surface area contributed by atoms with E-state index in [0.29, 0.717) is 56.1 Å². The number of benzene rings is 6. The first kappa shape index (κ1) is 50.1. The number of β-amino-alcohol motifs (C(OH)–C–C–N with tert-alkyl or cyclic N) is 2. The first-order valence-electron chi connectivity index (χ1n) is 22.3. The van der Waals surface area contributed by atoms with E-state index < -0.39 is 41.8 Å². The molecule has 0 radical (unpaired) electrons. The van der Waals surface area contributed by atoms with Crippen molar-refractivity contribution in [2.75, 3.05) is 31.1 Å². The Morgan fingerprint density at radius 2 is 0.930 bits per heavy atom. The predicted molar refractivity (Wildman–Crippen MR) is 253 cm³/mol. The van der Waals surface area contributed by atoms with Gasteiger partial charge in [-0.25, -0.2) is 0 Å². The molecule has 6 aromatic carbocycles. The highest BCUT2D eigenvalue weighted by molar-refractivity contribution is 6.58. The van der Waals surface area contributed by atoms with E-state index >= 15 is 0 Å². The largest absolute Gasteiger partial charge is 0.488 e. The lowest BCUT2D eigenvalue weighted by atomic mass is 9.81. The number of hydrogen-bond donors (Lipinski definition) is 5. The predicted octanol–water partition coefficient (Wildman–Crippen LogP) is 5.85. The number of halogens is 6. The zero-order chi connectivity index (χ0) is 50.2. The lowest BCUT2D eigenvalue weighted by molar-refractivity contribution is -0.138. The van der Waals surface area contributed by atoms with Gasteiger partial charge in [0, 0.05) is 29.9 Å². The number of anilines is 1. The Bertz CT molecular complexity index is 2970. The van der Waals surface area contributed by atoms with Gasteiger partial charge in [0.2, 0.25) is 11.6 Å². The molecule has 0 aliphatic carbocycles. The summed E-state index contributed by atoms with van der Waals surface area (Å²) in [5, 5.41) is 66.4. The number of rotatable bonds is 12. The fourth-order valence-electron chi connectivity index (χ4n) is 7.95. The monoisotopic (exact) mass is 976 g/mol. The number of hydrogen-bond acceptors (Lipinski definition) is 12. The van der Waals surface area contributed by atoms with Crippen LogP contribution < -0.4 is 15.7 Å². The van der Waals surface area contributed by atoms with Crippen LogP contribution in [0.25, 0.3) is 22.8 Å². The maximum Gasteiger partial charge on any atom is 0.488 e. The SMILES string of the molecule is OB(O)c1ccccc1.OC1(Cn2nnc(-c3ccccc3Cc3ccc(C(F)(F)F)cc3)n2)CN(c2ccccc2)C1.OC1(Cn2nnc(-c3ccccc3Cc3ccc(C(F)(F)F)cc3)n2)CNC1. The fourth-order valence-corrected chi connectivity index (χ4v) is 7.95. The van der Waals surface area contributed by atoms with E-state index in [9.17, 15) is 36.6 Å². The Balaban J connectivity index is 0.000000164. The molecule has 2 fully saturated rings. The quantitative estimate of drug-likeness (QED) is 0.0729. The van der Waals surface area contributed by atoms with E-state index in [2.05, 4.69) is 41.0 Å². The first-order valence-corrected chi connectivity index (χ1v) is 22.3. The second-order valence-electron chi connectivity index (χ2n) is 17.4. The van der Waals surface area contributed by atoms with E-state index in [0.717, 1.165) is 63.3 Å². The van der Waals surface area contributed by atoms with Crippen molar-refractivity contribution in [3.8, 4) is 22.8 Å². The summed E-state index contributed by atoms with van der Waals surface area (Å²) in [7, 11) is -1.34. The average molecular weight is 977 g/mol. The van der Waals surface area contributed by atoms with Crippen LogP contribution >= 0.6 is 0 Å². The van der Waals surface area contributed by atoms with E-state index in [-0.39, 0.29) is 13.1 Å². The average Bonchev–Trinajstić information content (AvgIpc) is 4.01. The van der Waals surface area contributed by atoms with Crippen LogP contribution in [0.2, 0.25) is 0 Å². The third-order valence-corrected chi connectivity index (χ3v) is 11.7. The van der Waals surface area contributed by atoms with E-state index in [1.165, 1.54) is 33.9 Å². The Morgan fingerprint density at radius 1 is 0.521 bits per heavy atom. The van der Waals surface area contributed by atoms with Gasteiger partial charge >= 0.3 is 19.5 Å². The van der Waals surface area contributed by atoms with Crippen LogP contribution in [-0.2, 0) is 38.3 Å². The number of para-hydroxylation sites is 1. The van der Waals surface area contributed by atoms with E-state index in [4.69, 9.17) is 10.0 Å². The maximum absolute atomic E-state index is 12.8. The van der Waals surface area contributed by atoms with Gasteiger partial charge in [-0.15, -0.1) is 20.4 Å². The Labute approximate surface area is 404 Å². The number of aromatic nitrogens is 8. The normalized spacial score (nSPS) is 14.8. The van der Waals surface area contributed by atoms with Crippen LogP contribution in [-0.4, -0.2) is 105 Å². The van der Waals surface area contributed by atoms with Crippen molar-refractivity contribution in [3.05, 3.63) is 191 Å². The zero-order valence-electron chi connectivity index (χ0n) is 37.8. The maximum atomic E-state index is 12.8. The van der Waals surface area contributed by atoms with Crippen molar-refractivity contribution < 1.29 is 46.6 Å². The lowest BCUT2D eigenvalue weighted by Crippen LogP contribution is -2.64. The molecular formula is C50H47BF6N10O4. The highest BCUT2D eigenvalue weighted by Crippen LogP contribution is 2.33. The van der Waals surface area contributed by atoms with Gasteiger partial charge in [-0.2, -0.15) is 35.9 Å². The molecule has 0 bridgehead atoms. The standard InChI is InChI=1S/C25H22F3N5O.C19H18F3N5O.C6H7BO2/c26-25(27,28)20-12-10-18(11-13-20)14-19-6-4-5-9-22(19)23-29-31-33(30-23)17-24(34)15-32(16-24)21-7-2-1-3-8-21;20-19(21,22)15-7-5-13(6-8-15)9-14-3-1-2-4-16(14)17-24-26-27(25-17)12-18(28)10-23-11-18;8-7(9)6-4-2-1-3-5-6/h1-13,34H,14-17H2;1-8,23,28H,9-12H2;1-5,8-9H. The number of nitrogens with one attached hydrogen (secondary N) is 1. The van der Waals surface area contributed by atoms with Crippen LogP contribution in [0.3, 0.4) is 0 Å². The van der Waals surface area contributed by atoms with E-state index in [1.807, 2.05) is 84.9 Å². The Morgan fingerprint density at radius 3 is 1.32 bits per heavy atom. The molecule has 0 spiro atoms. The molecule has 0 atom stereocenters. The summed E-state index contributed by atoms with van der Waals surface area (Å²) < 4.78 is 76.7. The molecule has 0 unspecified atom stereocenters. The summed E-state index contributed by atoms with van der Waals surface area (Å²) in [6.07, 6.45) is -7.84. The molecule has 4 heterocycles. The second kappa shape index (κ2) is 21.4. The third-order valence-electron chi connectivity index (χ3n) is 11.7. The van der Waals surface area contributed by atoms with Gasteiger partial charge in [-0.3, -0.25) is 0 Å². The third kappa shape index (κ3) is 13.1. The summed E-state index contributed by atoms with van der Waals surface area (Å²) in [5.74, 6) is 0.823. The van der Waals surface area contributed by atoms with Gasteiger partial charge in [0.15, 0.2) is 0 Å². The molecule has 10 rings (SSSR count). The van der Waals surface area contributed by atoms with E-state index in [1.54, 1.807) is 24.3 Å². The van der Waals surface area contributed by atoms with Gasteiger partial charge in [0.05, 0.1) is 37.3 Å². The zero-order valence-corrected chi connectivity index (χ0v) is 37.8. The topological polar surface area (TPSA) is 183 Å². The smallest absolute Gasteiger partial charge is 0.423 e. The highest BCUT2D eigenvalue weighted by atomic mass is 19.4. The van der Waals surface area contributed by atoms with Crippen molar-refractivity contribution in [2.45, 2.75) is 49.5 Å². The lowest BCUT2D eigenvalue weighted by Gasteiger charge is -2.47. The summed E-state index contributed by atoms with van der Waals surface area (Å²) in [5.41, 5.74) is 3.18. The van der Waals surface area contributed by atoms with Gasteiger partial charge in [0.25, 0.3) is 0 Å². The van der Waals surface area contributed by atoms with Crippen LogP contribution in [0.5, 0.6) is 0 Å². The van der Waals surface area contributed by atoms with Crippen LogP contribution in [0.4, 0.5) is 32.0 Å². The van der Waals surface area contributed by atoms with Gasteiger partial charge < -0.3 is 30.5 Å². The van der Waals surface area contributed by atoms with Crippen molar-refractivity contribution >= 4 is 18.3 Å². The number of nitrogens with zero attached hydrogens (tertiary/aromatic N) is 9. The molecule has 2 aromatic heterocycles. The summed E-state index contributed by atoms with van der Waals surface area (Å²) in [6, 6.07) is 43.7. The second-order valence-corrected chi connectivity index (χ2v) is 17.4. The Hall–Kier alpha value is -7.30. The van der Waals surface area contributed by atoms with Crippen molar-refractivity contribution in [3.63, 3.8) is 0 Å². The van der Waals surface area contributed by atoms with Crippen molar-refractivity contribution in [1.82, 2.24) is 45.7 Å². The Kier molecular flexibility index (Phi) is 15.1. The fraction of sp³-hybridized carbons (Fsp3) is 0.240. The van der Waals surface area contributed by atoms with Crippen molar-refractivity contribution in [1.29, 1.82) is 0 Å². The van der Waals surface area contributed by atoms with Crippen LogP contribution in [0.1, 0.15) is 33.4 Å². The molecule has 366 valence electrons. The molecule has 14 nitrogen and oxygen atoms in total. The first-order chi connectivity index (χ1) is 33.9. The van der Waals surface area contributed by atoms with Crippen molar-refractivity contribution in [2.24, 2.45) is 0 Å². The molecule has 5 N–H and O–H groups in total. The van der Waals surface area contributed by atoms with Gasteiger partial charge in [-0.1, -0.05) is 121 Å². The minimum atomic E-state index is -4.36. The van der Waals surface area contributed by atoms with Crippen LogP contribution in [0, 0.1) is 0 Å². The molecule has 0 amide bonds. The summed E-state index contributed by atoms with van der Waals surface area (Å²) >= 11 is 0. The molecule has 71 heavy (non-hydrogen) atoms. The van der Waals surface area contributed by atoms with Gasteiger partial charge in [0.1, 0.15) is 11.2 Å². The van der Waals surface area contributed by atoms with Crippen LogP contribution in [0.15, 0.2) is 158 Å².